The van der Waals surface area contributed by atoms with Crippen molar-refractivity contribution >= 4 is 32.7 Å². The van der Waals surface area contributed by atoms with E-state index < -0.39 is 17.1 Å². The minimum atomic E-state index is -3.01. The molecule has 0 N–H and O–H groups in total. The number of halogens is 1. The highest BCUT2D eigenvalue weighted by Gasteiger charge is 2.33. The second-order valence-electron chi connectivity index (χ2n) is 5.41. The molecule has 2 aromatic rings. The van der Waals surface area contributed by atoms with Crippen molar-refractivity contribution in [3.05, 3.63) is 51.3 Å². The molecule has 3 rings (SSSR count). The second-order valence-corrected chi connectivity index (χ2v) is 6.98. The van der Waals surface area contributed by atoms with E-state index in [1.54, 1.807) is 25.1 Å². The molecule has 1 atom stereocenters. The molecule has 0 aliphatic heterocycles. The molecule has 1 aromatic heterocycles. The van der Waals surface area contributed by atoms with E-state index in [0.717, 1.165) is 17.3 Å². The number of thiol groups is 1. The van der Waals surface area contributed by atoms with Crippen LogP contribution in [0.25, 0.3) is 0 Å². The highest BCUT2D eigenvalue weighted by Crippen LogP contribution is 2.42. The first-order chi connectivity index (χ1) is 11.0. The molecule has 1 unspecified atom stereocenters. The van der Waals surface area contributed by atoms with Gasteiger partial charge in [-0.2, -0.15) is 0 Å². The molecule has 8 heteroatoms. The summed E-state index contributed by atoms with van der Waals surface area (Å²) in [6.45, 7) is 1.58. The Hall–Kier alpha value is -1.51. The molecule has 23 heavy (non-hydrogen) atoms. The number of benzene rings is 1. The first kappa shape index (κ1) is 16.4. The highest BCUT2D eigenvalue weighted by atomic mass is 79.9. The van der Waals surface area contributed by atoms with Crippen LogP contribution in [0.15, 0.2) is 33.4 Å². The third-order valence-corrected chi connectivity index (χ3v) is 4.71. The Balaban J connectivity index is 2.01. The topological polar surface area (TPSA) is 86.5 Å². The van der Waals surface area contributed by atoms with Gasteiger partial charge >= 0.3 is 0 Å². The molecule has 0 radical (unpaired) electrons. The van der Waals surface area contributed by atoms with Gasteiger partial charge in [0.2, 0.25) is 0 Å². The summed E-state index contributed by atoms with van der Waals surface area (Å²) in [6.07, 6.45) is 2.62. The third kappa shape index (κ3) is 3.54. The monoisotopic (exact) mass is 399 g/mol. The molecular formula is C15H14BrNO5S. The number of aromatic nitrogens is 1. The highest BCUT2D eigenvalue weighted by molar-refractivity contribution is 9.10. The molecule has 0 saturated heterocycles. The largest absolute Gasteiger partial charge is 0.360 e. The quantitative estimate of drug-likeness (QED) is 0.592. The Morgan fingerprint density at radius 2 is 2.13 bits per heavy atom. The molecule has 1 aromatic carbocycles. The molecule has 1 fully saturated rings. The number of rotatable bonds is 6. The van der Waals surface area contributed by atoms with Crippen LogP contribution in [0.3, 0.4) is 0 Å². The van der Waals surface area contributed by atoms with Gasteiger partial charge < -0.3 is 4.52 Å². The second kappa shape index (κ2) is 6.54. The minimum Gasteiger partial charge on any atom is -0.360 e. The summed E-state index contributed by atoms with van der Waals surface area (Å²) < 4.78 is 32.4. The van der Waals surface area contributed by atoms with Crippen molar-refractivity contribution in [2.45, 2.75) is 31.8 Å². The lowest BCUT2D eigenvalue weighted by molar-refractivity contribution is 0.103. The van der Waals surface area contributed by atoms with Crippen molar-refractivity contribution in [2.75, 3.05) is 0 Å². The Morgan fingerprint density at radius 1 is 1.39 bits per heavy atom. The Labute approximate surface area is 143 Å². The van der Waals surface area contributed by atoms with E-state index in [4.69, 9.17) is 8.71 Å². The molecule has 122 valence electrons. The van der Waals surface area contributed by atoms with Crippen LogP contribution in [-0.4, -0.2) is 19.4 Å². The van der Waals surface area contributed by atoms with E-state index in [-0.39, 0.29) is 11.7 Å². The van der Waals surface area contributed by atoms with Gasteiger partial charge in [0.1, 0.15) is 0 Å². The normalized spacial score (nSPS) is 15.8. The van der Waals surface area contributed by atoms with Crippen molar-refractivity contribution in [2.24, 2.45) is 0 Å². The predicted octanol–water partition coefficient (Wildman–Crippen LogP) is 3.15. The molecule has 0 spiro atoms. The zero-order valence-corrected chi connectivity index (χ0v) is 14.7. The molecular weight excluding hydrogens is 386 g/mol. The lowest BCUT2D eigenvalue weighted by atomic mass is 9.95. The number of hydrogen-bond acceptors (Lipinski definition) is 6. The number of carbonyl (C=O) groups is 1. The first-order valence-corrected chi connectivity index (χ1v) is 8.96. The summed E-state index contributed by atoms with van der Waals surface area (Å²) >= 11 is 3.33. The molecule has 1 heterocycles. The van der Waals surface area contributed by atoms with Gasteiger partial charge in [-0.25, -0.2) is 8.42 Å². The summed E-state index contributed by atoms with van der Waals surface area (Å²) in [5, 5.41) is 3.74. The van der Waals surface area contributed by atoms with Crippen LogP contribution in [0.5, 0.6) is 0 Å². The standard InChI is InChI=1S/C15H14BrNO5S/c1-8(22-23(19)20)12-6-10(16)4-5-11(12)14(18)13-7-17-21-15(13)9-2-3-9/h4-9,23H,2-3H2,1H3. The van der Waals surface area contributed by atoms with Crippen LogP contribution in [-0.2, 0) is 15.2 Å². The zero-order chi connectivity index (χ0) is 16.6. The van der Waals surface area contributed by atoms with Crippen LogP contribution < -0.4 is 0 Å². The van der Waals surface area contributed by atoms with Crippen LogP contribution in [0.4, 0.5) is 0 Å². The van der Waals surface area contributed by atoms with Gasteiger partial charge in [-0.15, -0.1) is 0 Å². The maximum atomic E-state index is 12.9. The van der Waals surface area contributed by atoms with Gasteiger partial charge in [-0.3, -0.25) is 8.98 Å². The number of nitrogens with zero attached hydrogens (tertiary/aromatic N) is 1. The lowest BCUT2D eigenvalue weighted by Crippen LogP contribution is -2.10. The van der Waals surface area contributed by atoms with Crippen LogP contribution in [0.2, 0.25) is 0 Å². The van der Waals surface area contributed by atoms with Crippen molar-refractivity contribution < 1.29 is 21.9 Å². The minimum absolute atomic E-state index is 0.243. The summed E-state index contributed by atoms with van der Waals surface area (Å²) in [6, 6.07) is 5.05. The molecule has 1 aliphatic carbocycles. The molecule has 0 amide bonds. The van der Waals surface area contributed by atoms with E-state index in [0.29, 0.717) is 22.5 Å². The van der Waals surface area contributed by atoms with Crippen LogP contribution in [0.1, 0.15) is 59.0 Å². The lowest BCUT2D eigenvalue weighted by Gasteiger charge is -2.14. The maximum absolute atomic E-state index is 12.9. The number of hydrogen-bond donors (Lipinski definition) is 1. The SMILES string of the molecule is CC(O[SH](=O)=O)c1cc(Br)ccc1C(=O)c1cnoc1C1CC1. The zero-order valence-electron chi connectivity index (χ0n) is 12.2. The fourth-order valence-electron chi connectivity index (χ4n) is 2.47. The maximum Gasteiger partial charge on any atom is 0.257 e. The summed E-state index contributed by atoms with van der Waals surface area (Å²) in [7, 11) is -3.01. The molecule has 0 bridgehead atoms. The van der Waals surface area contributed by atoms with E-state index in [9.17, 15) is 13.2 Å². The molecule has 1 aliphatic rings. The fraction of sp³-hybridized carbons (Fsp3) is 0.333. The van der Waals surface area contributed by atoms with Gasteiger partial charge in [0.15, 0.2) is 11.5 Å². The average molecular weight is 400 g/mol. The van der Waals surface area contributed by atoms with E-state index in [1.807, 2.05) is 0 Å². The Bertz CT molecular complexity index is 817. The predicted molar refractivity (Wildman–Crippen MR) is 85.9 cm³/mol. The average Bonchev–Trinajstić information content (AvgIpc) is 3.23. The molecule has 6 nitrogen and oxygen atoms in total. The number of ketones is 1. The molecule has 1 saturated carbocycles. The third-order valence-electron chi connectivity index (χ3n) is 3.73. The number of carbonyl (C=O) groups excluding carboxylic acids is 1. The van der Waals surface area contributed by atoms with Crippen molar-refractivity contribution in [1.82, 2.24) is 5.16 Å². The fourth-order valence-corrected chi connectivity index (χ4v) is 3.22. The van der Waals surface area contributed by atoms with Gasteiger partial charge in [-0.1, -0.05) is 21.1 Å². The van der Waals surface area contributed by atoms with Crippen LogP contribution in [0, 0.1) is 0 Å². The van der Waals surface area contributed by atoms with Crippen molar-refractivity contribution in [1.29, 1.82) is 0 Å². The van der Waals surface area contributed by atoms with E-state index >= 15 is 0 Å². The van der Waals surface area contributed by atoms with Gasteiger partial charge in [-0.05, 0) is 43.5 Å². The summed E-state index contributed by atoms with van der Waals surface area (Å²) in [5.74, 6) is 0.611. The van der Waals surface area contributed by atoms with E-state index in [1.165, 1.54) is 6.20 Å². The van der Waals surface area contributed by atoms with Crippen molar-refractivity contribution in [3.63, 3.8) is 0 Å². The van der Waals surface area contributed by atoms with Gasteiger partial charge in [0.05, 0.1) is 17.9 Å². The summed E-state index contributed by atoms with van der Waals surface area (Å²) in [5.41, 5.74) is 1.30. The summed E-state index contributed by atoms with van der Waals surface area (Å²) in [4.78, 5) is 12.9. The first-order valence-electron chi connectivity index (χ1n) is 7.07. The van der Waals surface area contributed by atoms with E-state index in [2.05, 4.69) is 21.1 Å². The van der Waals surface area contributed by atoms with Gasteiger partial charge in [0, 0.05) is 16.0 Å². The van der Waals surface area contributed by atoms with Crippen LogP contribution >= 0.6 is 15.9 Å². The smallest absolute Gasteiger partial charge is 0.257 e. The Morgan fingerprint density at radius 3 is 2.78 bits per heavy atom. The van der Waals surface area contributed by atoms with Crippen molar-refractivity contribution in [3.8, 4) is 0 Å². The Kier molecular flexibility index (Phi) is 4.65. The van der Waals surface area contributed by atoms with Gasteiger partial charge in [0.25, 0.3) is 11.0 Å².